The van der Waals surface area contributed by atoms with E-state index in [9.17, 15) is 4.79 Å². The molecule has 0 radical (unpaired) electrons. The molecule has 0 N–H and O–H groups in total. The van der Waals surface area contributed by atoms with Crippen molar-refractivity contribution in [3.8, 4) is 17.0 Å². The molecule has 0 aliphatic rings. The fourth-order valence-corrected chi connectivity index (χ4v) is 4.81. The number of unbranched alkanes of at least 4 members (excludes halogenated alkanes) is 11. The molecule has 0 bridgehead atoms. The minimum atomic E-state index is -0.335. The number of aromatic nitrogens is 1. The lowest BCUT2D eigenvalue weighted by Gasteiger charge is -2.08. The second kappa shape index (κ2) is 19.2. The Hall–Kier alpha value is -2.98. The van der Waals surface area contributed by atoms with E-state index in [2.05, 4.69) is 24.9 Å². The van der Waals surface area contributed by atoms with E-state index in [0.717, 1.165) is 36.3 Å². The van der Waals surface area contributed by atoms with Gasteiger partial charge in [0, 0.05) is 18.4 Å². The van der Waals surface area contributed by atoms with Crippen LogP contribution in [0.4, 0.5) is 0 Å². The molecule has 1 aromatic heterocycles. The average molecular weight is 544 g/mol. The molecule has 4 nitrogen and oxygen atoms in total. The van der Waals surface area contributed by atoms with Crippen LogP contribution in [0.15, 0.2) is 66.9 Å². The Bertz CT molecular complexity index is 1070. The molecular weight excluding hydrogens is 494 g/mol. The molecule has 0 atom stereocenters. The maximum atomic E-state index is 12.6. The summed E-state index contributed by atoms with van der Waals surface area (Å²) in [7, 11) is 0. The summed E-state index contributed by atoms with van der Waals surface area (Å²) in [6.07, 6.45) is 19.7. The molecule has 0 unspecified atom stereocenters. The zero-order chi connectivity index (χ0) is 28.3. The Morgan fingerprint density at radius 1 is 0.650 bits per heavy atom. The zero-order valence-electron chi connectivity index (χ0n) is 24.8. The number of ether oxygens (including phenoxy) is 2. The van der Waals surface area contributed by atoms with Crippen molar-refractivity contribution in [2.45, 2.75) is 110 Å². The van der Waals surface area contributed by atoms with E-state index < -0.39 is 0 Å². The molecule has 3 rings (SSSR count). The molecule has 216 valence electrons. The van der Waals surface area contributed by atoms with Crippen molar-refractivity contribution in [2.24, 2.45) is 0 Å². The molecule has 3 aromatic rings. The highest BCUT2D eigenvalue weighted by Crippen LogP contribution is 2.22. The Balaban J connectivity index is 1.37. The second-order valence-electron chi connectivity index (χ2n) is 10.9. The quantitative estimate of drug-likeness (QED) is 0.0808. The van der Waals surface area contributed by atoms with Gasteiger partial charge in [-0.2, -0.15) is 0 Å². The number of carbonyl (C=O) groups is 1. The third-order valence-electron chi connectivity index (χ3n) is 7.35. The number of rotatable bonds is 20. The van der Waals surface area contributed by atoms with Crippen molar-refractivity contribution >= 4 is 5.97 Å². The minimum Gasteiger partial charge on any atom is -0.423 e. The predicted molar refractivity (Wildman–Crippen MR) is 166 cm³/mol. The van der Waals surface area contributed by atoms with Gasteiger partial charge in [-0.15, -0.1) is 0 Å². The summed E-state index contributed by atoms with van der Waals surface area (Å²) in [5, 5.41) is 0. The van der Waals surface area contributed by atoms with Gasteiger partial charge < -0.3 is 9.47 Å². The van der Waals surface area contributed by atoms with Crippen LogP contribution in [0.2, 0.25) is 0 Å². The van der Waals surface area contributed by atoms with Crippen molar-refractivity contribution in [3.05, 3.63) is 83.6 Å². The number of pyridine rings is 1. The van der Waals surface area contributed by atoms with Crippen LogP contribution in [0.25, 0.3) is 11.3 Å². The lowest BCUT2D eigenvalue weighted by atomic mass is 10.0. The van der Waals surface area contributed by atoms with Crippen LogP contribution < -0.4 is 4.74 Å². The molecule has 1 heterocycles. The van der Waals surface area contributed by atoms with Crippen LogP contribution in [0.1, 0.15) is 119 Å². The monoisotopic (exact) mass is 543 g/mol. The standard InChI is InChI=1S/C36H49NO3/c1-3-5-7-9-11-13-15-27-39-29-31-19-26-35(37-28-31)32-22-24-34(25-23-32)40-36(38)33-20-17-30(18-21-33)16-14-12-10-8-6-4-2/h17-26,28H,3-16,27,29H2,1-2H3. The van der Waals surface area contributed by atoms with Gasteiger partial charge in [-0.05, 0) is 72.9 Å². The third-order valence-corrected chi connectivity index (χ3v) is 7.35. The zero-order valence-corrected chi connectivity index (χ0v) is 24.8. The highest BCUT2D eigenvalue weighted by molar-refractivity contribution is 5.91. The fraction of sp³-hybridized carbons (Fsp3) is 0.500. The molecule has 0 aliphatic heterocycles. The van der Waals surface area contributed by atoms with Gasteiger partial charge in [-0.3, -0.25) is 4.98 Å². The topological polar surface area (TPSA) is 48.4 Å². The molecule has 2 aromatic carbocycles. The lowest BCUT2D eigenvalue weighted by Crippen LogP contribution is -2.08. The van der Waals surface area contributed by atoms with Crippen molar-refractivity contribution in [1.29, 1.82) is 0 Å². The first kappa shape index (κ1) is 31.5. The van der Waals surface area contributed by atoms with Crippen molar-refractivity contribution < 1.29 is 14.3 Å². The number of esters is 1. The Labute approximate surface area is 242 Å². The third kappa shape index (κ3) is 12.0. The summed E-state index contributed by atoms with van der Waals surface area (Å²) in [5.41, 5.74) is 4.79. The van der Waals surface area contributed by atoms with Gasteiger partial charge in [0.2, 0.25) is 0 Å². The van der Waals surface area contributed by atoms with Gasteiger partial charge in [-0.25, -0.2) is 4.79 Å². The Morgan fingerprint density at radius 3 is 1.88 bits per heavy atom. The number of benzene rings is 2. The highest BCUT2D eigenvalue weighted by Gasteiger charge is 2.09. The molecule has 0 spiro atoms. The van der Waals surface area contributed by atoms with Gasteiger partial charge in [0.1, 0.15) is 5.75 Å². The predicted octanol–water partition coefficient (Wildman–Crippen LogP) is 10.1. The number of hydrogen-bond acceptors (Lipinski definition) is 4. The van der Waals surface area contributed by atoms with Crippen LogP contribution in [0.3, 0.4) is 0 Å². The average Bonchev–Trinajstić information content (AvgIpc) is 2.99. The van der Waals surface area contributed by atoms with Crippen molar-refractivity contribution in [3.63, 3.8) is 0 Å². The molecule has 40 heavy (non-hydrogen) atoms. The molecule has 0 aliphatic carbocycles. The normalized spacial score (nSPS) is 11.1. The van der Waals surface area contributed by atoms with Crippen molar-refractivity contribution in [2.75, 3.05) is 6.61 Å². The summed E-state index contributed by atoms with van der Waals surface area (Å²) in [6.45, 7) is 5.90. The van der Waals surface area contributed by atoms with Crippen LogP contribution >= 0.6 is 0 Å². The fourth-order valence-electron chi connectivity index (χ4n) is 4.81. The number of nitrogens with zero attached hydrogens (tertiary/aromatic N) is 1. The number of carbonyl (C=O) groups excluding carboxylic acids is 1. The van der Waals surface area contributed by atoms with E-state index in [0.29, 0.717) is 17.9 Å². The van der Waals surface area contributed by atoms with Crippen molar-refractivity contribution in [1.82, 2.24) is 4.98 Å². The van der Waals surface area contributed by atoms with E-state index in [1.807, 2.05) is 60.8 Å². The molecular formula is C36H49NO3. The molecule has 0 saturated heterocycles. The van der Waals surface area contributed by atoms with Crippen LogP contribution in [0.5, 0.6) is 5.75 Å². The lowest BCUT2D eigenvalue weighted by molar-refractivity contribution is 0.0734. The van der Waals surface area contributed by atoms with Gasteiger partial charge in [-0.1, -0.05) is 103 Å². The molecule has 0 fully saturated rings. The van der Waals surface area contributed by atoms with Crippen LogP contribution in [-0.2, 0) is 17.8 Å². The minimum absolute atomic E-state index is 0.335. The Kier molecular flexibility index (Phi) is 15.1. The van der Waals surface area contributed by atoms with E-state index in [4.69, 9.17) is 9.47 Å². The van der Waals surface area contributed by atoms with E-state index in [1.54, 1.807) is 0 Å². The van der Waals surface area contributed by atoms with Gasteiger partial charge >= 0.3 is 5.97 Å². The number of hydrogen-bond donors (Lipinski definition) is 0. The smallest absolute Gasteiger partial charge is 0.343 e. The summed E-state index contributed by atoms with van der Waals surface area (Å²) in [6, 6.07) is 19.4. The van der Waals surface area contributed by atoms with E-state index >= 15 is 0 Å². The summed E-state index contributed by atoms with van der Waals surface area (Å²) < 4.78 is 11.4. The largest absolute Gasteiger partial charge is 0.423 e. The SMILES string of the molecule is CCCCCCCCCOCc1ccc(-c2ccc(OC(=O)c3ccc(CCCCCCCC)cc3)cc2)nc1. The summed E-state index contributed by atoms with van der Waals surface area (Å²) in [5.74, 6) is 0.193. The first-order valence-corrected chi connectivity index (χ1v) is 15.6. The Morgan fingerprint density at radius 2 is 1.25 bits per heavy atom. The van der Waals surface area contributed by atoms with Crippen LogP contribution in [0, 0.1) is 0 Å². The first-order chi connectivity index (χ1) is 19.7. The summed E-state index contributed by atoms with van der Waals surface area (Å²) in [4.78, 5) is 17.2. The molecule has 0 amide bonds. The molecule has 4 heteroatoms. The summed E-state index contributed by atoms with van der Waals surface area (Å²) >= 11 is 0. The maximum Gasteiger partial charge on any atom is 0.343 e. The molecule has 0 saturated carbocycles. The second-order valence-corrected chi connectivity index (χ2v) is 10.9. The van der Waals surface area contributed by atoms with Crippen LogP contribution in [-0.4, -0.2) is 17.6 Å². The highest BCUT2D eigenvalue weighted by atomic mass is 16.5. The van der Waals surface area contributed by atoms with E-state index in [-0.39, 0.29) is 5.97 Å². The van der Waals surface area contributed by atoms with Gasteiger partial charge in [0.25, 0.3) is 0 Å². The maximum absolute atomic E-state index is 12.6. The van der Waals surface area contributed by atoms with E-state index in [1.165, 1.54) is 82.6 Å². The number of aryl methyl sites for hydroxylation is 1. The first-order valence-electron chi connectivity index (χ1n) is 15.6. The van der Waals surface area contributed by atoms with Gasteiger partial charge in [0.05, 0.1) is 17.9 Å². The van der Waals surface area contributed by atoms with Gasteiger partial charge in [0.15, 0.2) is 0 Å².